The smallest absolute Gasteiger partial charge is 0.321 e. The Kier molecular flexibility index (Phi) is 4.22. The number of fused-ring (bicyclic) bond motifs is 1. The Labute approximate surface area is 126 Å². The number of amides is 1. The minimum atomic E-state index is -4.09. The number of aliphatic carboxylic acids is 1. The molecule has 3 N–H and O–H groups in total. The van der Waals surface area contributed by atoms with Gasteiger partial charge in [0, 0.05) is 5.69 Å². The first-order valence-corrected chi connectivity index (χ1v) is 7.98. The number of rotatable bonds is 5. The Morgan fingerprint density at radius 3 is 2.76 bits per heavy atom. The van der Waals surface area contributed by atoms with E-state index in [9.17, 15) is 18.0 Å². The summed E-state index contributed by atoms with van der Waals surface area (Å²) in [6.45, 7) is 1.55. The average Bonchev–Trinajstić information content (AvgIpc) is 2.73. The van der Waals surface area contributed by atoms with Gasteiger partial charge in [0.05, 0.1) is 11.4 Å². The summed E-state index contributed by atoms with van der Waals surface area (Å²) in [5, 5.41) is 11.4. The molecule has 1 aromatic carbocycles. The zero-order valence-electron chi connectivity index (χ0n) is 11.0. The normalized spacial score (nSPS) is 15.4. The summed E-state index contributed by atoms with van der Waals surface area (Å²) in [6, 6.07) is 1.39. The molecule has 0 saturated heterocycles. The van der Waals surface area contributed by atoms with E-state index in [1.807, 2.05) is 0 Å². The lowest BCUT2D eigenvalue weighted by Crippen LogP contribution is -2.40. The summed E-state index contributed by atoms with van der Waals surface area (Å²) in [5.41, 5.74) is 0.974. The van der Waals surface area contributed by atoms with E-state index in [0.717, 1.165) is 0 Å². The number of nitrogens with one attached hydrogen (secondary N) is 2. The molecule has 1 aliphatic rings. The van der Waals surface area contributed by atoms with Crippen molar-refractivity contribution >= 4 is 39.2 Å². The van der Waals surface area contributed by atoms with Crippen molar-refractivity contribution in [3.63, 3.8) is 0 Å². The number of hydrogen-bond donors (Lipinski definition) is 3. The molecule has 1 aromatic rings. The first kappa shape index (κ1) is 15.7. The van der Waals surface area contributed by atoms with E-state index in [1.54, 1.807) is 6.92 Å². The van der Waals surface area contributed by atoms with Crippen molar-refractivity contribution in [1.29, 1.82) is 0 Å². The molecule has 1 heterocycles. The molecule has 0 fully saturated rings. The summed E-state index contributed by atoms with van der Waals surface area (Å²) in [4.78, 5) is 22.0. The standard InChI is InChI=1S/C12H13ClN2O5S/c1-2-8(12(17)18)15-21(19,20)10-3-6-4-11(16)14-9(6)5-7(10)13/h3,5,8,15H,2,4H2,1H3,(H,14,16)(H,17,18)/t8-/m1/s1. The summed E-state index contributed by atoms with van der Waals surface area (Å²) in [5.74, 6) is -1.52. The number of carbonyl (C=O) groups excluding carboxylic acids is 1. The molecule has 2 rings (SSSR count). The van der Waals surface area contributed by atoms with E-state index in [-0.39, 0.29) is 28.7 Å². The van der Waals surface area contributed by atoms with Gasteiger partial charge in [-0.15, -0.1) is 0 Å². The predicted octanol–water partition coefficient (Wildman–Crippen LogP) is 0.976. The number of carboxylic acid groups (broad SMARTS) is 1. The molecule has 0 unspecified atom stereocenters. The van der Waals surface area contributed by atoms with Gasteiger partial charge in [-0.3, -0.25) is 9.59 Å². The molecule has 9 heteroatoms. The van der Waals surface area contributed by atoms with Crippen molar-refractivity contribution in [2.75, 3.05) is 5.32 Å². The van der Waals surface area contributed by atoms with Crippen LogP contribution in [0.15, 0.2) is 17.0 Å². The van der Waals surface area contributed by atoms with Gasteiger partial charge in [0.25, 0.3) is 0 Å². The van der Waals surface area contributed by atoms with Crippen molar-refractivity contribution in [3.05, 3.63) is 22.7 Å². The number of anilines is 1. The fourth-order valence-corrected chi connectivity index (χ4v) is 3.84. The van der Waals surface area contributed by atoms with Crippen LogP contribution in [0.1, 0.15) is 18.9 Å². The van der Waals surface area contributed by atoms with Crippen LogP contribution in [-0.2, 0) is 26.0 Å². The summed E-state index contributed by atoms with van der Waals surface area (Å²) >= 11 is 5.93. The molecule has 21 heavy (non-hydrogen) atoms. The quantitative estimate of drug-likeness (QED) is 0.744. The number of halogens is 1. The van der Waals surface area contributed by atoms with Crippen molar-refractivity contribution in [1.82, 2.24) is 4.72 Å². The van der Waals surface area contributed by atoms with Gasteiger partial charge in [0.15, 0.2) is 0 Å². The van der Waals surface area contributed by atoms with Gasteiger partial charge in [0.2, 0.25) is 15.9 Å². The number of sulfonamides is 1. The van der Waals surface area contributed by atoms with Gasteiger partial charge in [-0.25, -0.2) is 8.42 Å². The highest BCUT2D eigenvalue weighted by atomic mass is 35.5. The number of carboxylic acids is 1. The maximum absolute atomic E-state index is 12.2. The molecule has 1 aliphatic heterocycles. The molecule has 7 nitrogen and oxygen atoms in total. The number of benzene rings is 1. The Balaban J connectivity index is 2.39. The van der Waals surface area contributed by atoms with Crippen LogP contribution in [0.5, 0.6) is 0 Å². The Hall–Kier alpha value is -1.64. The lowest BCUT2D eigenvalue weighted by molar-refractivity contribution is -0.139. The average molecular weight is 333 g/mol. The largest absolute Gasteiger partial charge is 0.480 e. The van der Waals surface area contributed by atoms with Crippen LogP contribution in [0.4, 0.5) is 5.69 Å². The van der Waals surface area contributed by atoms with Crippen LogP contribution in [0.25, 0.3) is 0 Å². The van der Waals surface area contributed by atoms with Gasteiger partial charge in [-0.2, -0.15) is 4.72 Å². The van der Waals surface area contributed by atoms with E-state index in [4.69, 9.17) is 16.7 Å². The minimum Gasteiger partial charge on any atom is -0.480 e. The fraction of sp³-hybridized carbons (Fsp3) is 0.333. The van der Waals surface area contributed by atoms with E-state index < -0.39 is 22.0 Å². The highest BCUT2D eigenvalue weighted by Gasteiger charge is 2.28. The summed E-state index contributed by atoms with van der Waals surface area (Å²) in [6.07, 6.45) is 0.155. The highest BCUT2D eigenvalue weighted by Crippen LogP contribution is 2.32. The molecule has 114 valence electrons. The third-order valence-corrected chi connectivity index (χ3v) is 5.01. The van der Waals surface area contributed by atoms with Gasteiger partial charge in [0.1, 0.15) is 10.9 Å². The molecular weight excluding hydrogens is 320 g/mol. The van der Waals surface area contributed by atoms with Crippen LogP contribution in [0.2, 0.25) is 5.02 Å². The van der Waals surface area contributed by atoms with Crippen LogP contribution in [-0.4, -0.2) is 31.4 Å². The SMILES string of the molecule is CC[C@@H](NS(=O)(=O)c1cc2c(cc1Cl)NC(=O)C2)C(=O)O. The van der Waals surface area contributed by atoms with Crippen molar-refractivity contribution in [2.45, 2.75) is 30.7 Å². The third kappa shape index (κ3) is 3.17. The maximum atomic E-state index is 12.2. The second-order valence-corrected chi connectivity index (χ2v) is 6.67. The molecule has 0 spiro atoms. The number of hydrogen-bond acceptors (Lipinski definition) is 4. The summed E-state index contributed by atoms with van der Waals surface area (Å²) < 4.78 is 26.6. The molecule has 1 amide bonds. The van der Waals surface area contributed by atoms with E-state index >= 15 is 0 Å². The topological polar surface area (TPSA) is 113 Å². The van der Waals surface area contributed by atoms with Gasteiger partial charge in [-0.05, 0) is 24.1 Å². The van der Waals surface area contributed by atoms with E-state index in [0.29, 0.717) is 11.3 Å². The van der Waals surface area contributed by atoms with Crippen LogP contribution < -0.4 is 10.0 Å². The number of carbonyl (C=O) groups is 2. The van der Waals surface area contributed by atoms with Crippen molar-refractivity contribution < 1.29 is 23.1 Å². The Morgan fingerprint density at radius 2 is 2.19 bits per heavy atom. The van der Waals surface area contributed by atoms with Gasteiger partial charge in [-0.1, -0.05) is 18.5 Å². The fourth-order valence-electron chi connectivity index (χ4n) is 1.99. The third-order valence-electron chi connectivity index (χ3n) is 3.08. The van der Waals surface area contributed by atoms with Crippen LogP contribution >= 0.6 is 11.6 Å². The monoisotopic (exact) mass is 332 g/mol. The first-order valence-electron chi connectivity index (χ1n) is 6.12. The second kappa shape index (κ2) is 5.63. The molecule has 1 atom stereocenters. The highest BCUT2D eigenvalue weighted by molar-refractivity contribution is 7.89. The minimum absolute atomic E-state index is 0.0607. The van der Waals surface area contributed by atoms with E-state index in [1.165, 1.54) is 12.1 Å². The van der Waals surface area contributed by atoms with Gasteiger partial charge < -0.3 is 10.4 Å². The lowest BCUT2D eigenvalue weighted by atomic mass is 10.2. The molecule has 0 bridgehead atoms. The Bertz CT molecular complexity index is 717. The second-order valence-electron chi connectivity index (χ2n) is 4.59. The van der Waals surface area contributed by atoms with Crippen LogP contribution in [0.3, 0.4) is 0 Å². The zero-order chi connectivity index (χ0) is 15.8. The first-order chi connectivity index (χ1) is 9.74. The van der Waals surface area contributed by atoms with Gasteiger partial charge >= 0.3 is 5.97 Å². The predicted molar refractivity (Wildman–Crippen MR) is 75.8 cm³/mol. The molecule has 0 aromatic heterocycles. The zero-order valence-corrected chi connectivity index (χ0v) is 12.6. The molecule has 0 aliphatic carbocycles. The van der Waals surface area contributed by atoms with E-state index in [2.05, 4.69) is 10.0 Å². The van der Waals surface area contributed by atoms with Crippen LogP contribution in [0, 0.1) is 0 Å². The van der Waals surface area contributed by atoms with Crippen molar-refractivity contribution in [2.24, 2.45) is 0 Å². The molecule has 0 radical (unpaired) electrons. The molecular formula is C12H13ClN2O5S. The lowest BCUT2D eigenvalue weighted by Gasteiger charge is -2.14. The Morgan fingerprint density at radius 1 is 1.52 bits per heavy atom. The molecule has 0 saturated carbocycles. The van der Waals surface area contributed by atoms with Crippen molar-refractivity contribution in [3.8, 4) is 0 Å². The maximum Gasteiger partial charge on any atom is 0.321 e. The summed E-state index contributed by atoms with van der Waals surface area (Å²) in [7, 11) is -4.09.